The number of rotatable bonds is 10. The molecule has 0 aromatic heterocycles. The number of ether oxygens (including phenoxy) is 2. The number of hydrogen-bond acceptors (Lipinski definition) is 4. The summed E-state index contributed by atoms with van der Waals surface area (Å²) in [6, 6.07) is 3.40. The number of hydrogen-bond donors (Lipinski definition) is 2. The van der Waals surface area contributed by atoms with Crippen molar-refractivity contribution in [1.82, 2.24) is 5.32 Å². The Bertz CT molecular complexity index is 592. The first kappa shape index (κ1) is 19.4. The molecule has 6 nitrogen and oxygen atoms in total. The van der Waals surface area contributed by atoms with E-state index in [9.17, 15) is 18.4 Å². The first-order valence-corrected chi connectivity index (χ1v) is 7.08. The summed E-state index contributed by atoms with van der Waals surface area (Å²) in [4.78, 5) is 22.5. The fraction of sp³-hybridized carbons (Fsp3) is 0.375. The van der Waals surface area contributed by atoms with Gasteiger partial charge in [-0.2, -0.15) is 0 Å². The normalized spacial score (nSPS) is 11.7. The van der Waals surface area contributed by atoms with E-state index in [0.29, 0.717) is 12.2 Å². The fourth-order valence-electron chi connectivity index (χ4n) is 1.90. The molecule has 0 aliphatic heterocycles. The van der Waals surface area contributed by atoms with Crippen LogP contribution < -0.4 is 14.8 Å². The van der Waals surface area contributed by atoms with E-state index in [0.717, 1.165) is 5.56 Å². The van der Waals surface area contributed by atoms with Gasteiger partial charge in [0.05, 0.1) is 7.11 Å². The van der Waals surface area contributed by atoms with Gasteiger partial charge < -0.3 is 19.9 Å². The van der Waals surface area contributed by atoms with Crippen LogP contribution in [0.5, 0.6) is 11.5 Å². The second-order valence-corrected chi connectivity index (χ2v) is 4.85. The number of carboxylic acid groups (broad SMARTS) is 1. The standard InChI is InChI=1S/C16H19F2NO5/c1-3-4-10-5-6-12(13(7-10)23-2)24-9-15(20)19-11(16(21)22)8-14(17)18/h3,5-7,11,14H,1,4,8-9H2,2H3,(H,19,20)(H,21,22). The largest absolute Gasteiger partial charge is 0.493 e. The smallest absolute Gasteiger partial charge is 0.326 e. The number of aliphatic carboxylic acids is 1. The summed E-state index contributed by atoms with van der Waals surface area (Å²) in [6.07, 6.45) is -1.46. The second kappa shape index (κ2) is 9.49. The molecule has 0 saturated carbocycles. The maximum Gasteiger partial charge on any atom is 0.326 e. The molecule has 0 aliphatic rings. The third-order valence-corrected chi connectivity index (χ3v) is 3.01. The number of carbonyl (C=O) groups excluding carboxylic acids is 1. The first-order chi connectivity index (χ1) is 11.4. The highest BCUT2D eigenvalue weighted by Crippen LogP contribution is 2.28. The van der Waals surface area contributed by atoms with E-state index >= 15 is 0 Å². The van der Waals surface area contributed by atoms with Gasteiger partial charge in [-0.25, -0.2) is 13.6 Å². The van der Waals surface area contributed by atoms with Crippen LogP contribution in [0.2, 0.25) is 0 Å². The summed E-state index contributed by atoms with van der Waals surface area (Å²) < 4.78 is 35.0. The van der Waals surface area contributed by atoms with E-state index in [4.69, 9.17) is 14.6 Å². The Hall–Kier alpha value is -2.64. The molecule has 1 amide bonds. The van der Waals surface area contributed by atoms with Crippen LogP contribution in [0.15, 0.2) is 30.9 Å². The van der Waals surface area contributed by atoms with Crippen LogP contribution in [0.25, 0.3) is 0 Å². The highest BCUT2D eigenvalue weighted by molar-refractivity contribution is 5.84. The maximum absolute atomic E-state index is 12.3. The minimum Gasteiger partial charge on any atom is -0.493 e. The van der Waals surface area contributed by atoms with Gasteiger partial charge in [0, 0.05) is 6.42 Å². The number of alkyl halides is 2. The fourth-order valence-corrected chi connectivity index (χ4v) is 1.90. The summed E-state index contributed by atoms with van der Waals surface area (Å²) in [7, 11) is 1.43. The van der Waals surface area contributed by atoms with Crippen molar-refractivity contribution in [1.29, 1.82) is 0 Å². The molecule has 0 bridgehead atoms. The van der Waals surface area contributed by atoms with Crippen molar-refractivity contribution in [3.8, 4) is 11.5 Å². The van der Waals surface area contributed by atoms with Crippen molar-refractivity contribution in [2.45, 2.75) is 25.3 Å². The Balaban J connectivity index is 2.66. The van der Waals surface area contributed by atoms with Gasteiger partial charge in [0.2, 0.25) is 6.43 Å². The monoisotopic (exact) mass is 343 g/mol. The van der Waals surface area contributed by atoms with Crippen molar-refractivity contribution >= 4 is 11.9 Å². The average molecular weight is 343 g/mol. The lowest BCUT2D eigenvalue weighted by Gasteiger charge is -2.15. The first-order valence-electron chi connectivity index (χ1n) is 7.08. The Morgan fingerprint density at radius 3 is 2.62 bits per heavy atom. The van der Waals surface area contributed by atoms with Gasteiger partial charge in [0.1, 0.15) is 6.04 Å². The lowest BCUT2D eigenvalue weighted by Crippen LogP contribution is -2.44. The lowest BCUT2D eigenvalue weighted by atomic mass is 10.1. The van der Waals surface area contributed by atoms with Crippen LogP contribution in [-0.4, -0.2) is 43.2 Å². The molecule has 1 atom stereocenters. The molecular weight excluding hydrogens is 324 g/mol. The van der Waals surface area contributed by atoms with Crippen molar-refractivity contribution in [3.63, 3.8) is 0 Å². The van der Waals surface area contributed by atoms with Crippen molar-refractivity contribution in [2.75, 3.05) is 13.7 Å². The molecule has 1 aromatic carbocycles. The molecular formula is C16H19F2NO5. The summed E-state index contributed by atoms with van der Waals surface area (Å²) in [5.74, 6) is -1.68. The van der Waals surface area contributed by atoms with Crippen LogP contribution in [-0.2, 0) is 16.0 Å². The molecule has 132 valence electrons. The quantitative estimate of drug-likeness (QED) is 0.635. The van der Waals surface area contributed by atoms with Gasteiger partial charge in [0.15, 0.2) is 18.1 Å². The molecule has 0 spiro atoms. The van der Waals surface area contributed by atoms with Crippen molar-refractivity contribution < 1.29 is 33.0 Å². The number of amides is 1. The maximum atomic E-state index is 12.3. The predicted molar refractivity (Wildman–Crippen MR) is 82.6 cm³/mol. The Morgan fingerprint density at radius 2 is 2.08 bits per heavy atom. The highest BCUT2D eigenvalue weighted by atomic mass is 19.3. The minimum atomic E-state index is -2.84. The number of carboxylic acids is 1. The molecule has 0 radical (unpaired) electrons. The molecule has 0 heterocycles. The van der Waals surface area contributed by atoms with Gasteiger partial charge in [-0.15, -0.1) is 6.58 Å². The average Bonchev–Trinajstić information content (AvgIpc) is 2.52. The number of nitrogens with one attached hydrogen (secondary N) is 1. The number of allylic oxidation sites excluding steroid dienone is 1. The molecule has 1 rings (SSSR count). The zero-order valence-electron chi connectivity index (χ0n) is 13.1. The van der Waals surface area contributed by atoms with E-state index in [1.165, 1.54) is 7.11 Å². The zero-order valence-corrected chi connectivity index (χ0v) is 13.1. The molecule has 1 unspecified atom stereocenters. The van der Waals surface area contributed by atoms with Crippen LogP contribution in [0.3, 0.4) is 0 Å². The Morgan fingerprint density at radius 1 is 1.38 bits per heavy atom. The van der Waals surface area contributed by atoms with E-state index in [-0.39, 0.29) is 5.75 Å². The molecule has 0 saturated heterocycles. The molecule has 1 aromatic rings. The summed E-state index contributed by atoms with van der Waals surface area (Å²) >= 11 is 0. The number of halogens is 2. The number of benzene rings is 1. The topological polar surface area (TPSA) is 84.9 Å². The zero-order chi connectivity index (χ0) is 18.1. The highest BCUT2D eigenvalue weighted by Gasteiger charge is 2.24. The summed E-state index contributed by atoms with van der Waals surface area (Å²) in [5, 5.41) is 10.8. The number of methoxy groups -OCH3 is 1. The van der Waals surface area contributed by atoms with E-state index < -0.39 is 37.4 Å². The van der Waals surface area contributed by atoms with Gasteiger partial charge in [0.25, 0.3) is 5.91 Å². The molecule has 8 heteroatoms. The van der Waals surface area contributed by atoms with Crippen LogP contribution >= 0.6 is 0 Å². The summed E-state index contributed by atoms with van der Waals surface area (Å²) in [6.45, 7) is 3.11. The summed E-state index contributed by atoms with van der Waals surface area (Å²) in [5.41, 5.74) is 0.932. The van der Waals surface area contributed by atoms with Crippen molar-refractivity contribution in [2.24, 2.45) is 0 Å². The lowest BCUT2D eigenvalue weighted by molar-refractivity contribution is -0.143. The van der Waals surface area contributed by atoms with E-state index in [2.05, 4.69) is 6.58 Å². The molecule has 2 N–H and O–H groups in total. The SMILES string of the molecule is C=CCc1ccc(OCC(=O)NC(CC(F)F)C(=O)O)c(OC)c1. The second-order valence-electron chi connectivity index (χ2n) is 4.85. The van der Waals surface area contributed by atoms with E-state index in [1.54, 1.807) is 24.3 Å². The molecule has 0 fully saturated rings. The van der Waals surface area contributed by atoms with E-state index in [1.807, 2.05) is 5.32 Å². The minimum absolute atomic E-state index is 0.279. The van der Waals surface area contributed by atoms with Gasteiger partial charge in [-0.05, 0) is 24.1 Å². The third-order valence-electron chi connectivity index (χ3n) is 3.01. The van der Waals surface area contributed by atoms with Gasteiger partial charge in [-0.1, -0.05) is 12.1 Å². The Labute approximate surface area is 138 Å². The van der Waals surface area contributed by atoms with Gasteiger partial charge in [-0.3, -0.25) is 4.79 Å². The number of carbonyl (C=O) groups is 2. The van der Waals surface area contributed by atoms with Crippen LogP contribution in [0.4, 0.5) is 8.78 Å². The molecule has 24 heavy (non-hydrogen) atoms. The van der Waals surface area contributed by atoms with Crippen molar-refractivity contribution in [3.05, 3.63) is 36.4 Å². The van der Waals surface area contributed by atoms with Gasteiger partial charge >= 0.3 is 5.97 Å². The molecule has 0 aliphatic carbocycles. The predicted octanol–water partition coefficient (Wildman–Crippen LogP) is 2.03. The van der Waals surface area contributed by atoms with Crippen LogP contribution in [0, 0.1) is 0 Å². The Kier molecular flexibility index (Phi) is 7.67. The third kappa shape index (κ3) is 6.23. The van der Waals surface area contributed by atoms with Crippen LogP contribution in [0.1, 0.15) is 12.0 Å².